The van der Waals surface area contributed by atoms with Crippen LogP contribution in [0.4, 0.5) is 0 Å². The first kappa shape index (κ1) is 16.0. The van der Waals surface area contributed by atoms with Crippen LogP contribution in [-0.2, 0) is 10.2 Å². The lowest BCUT2D eigenvalue weighted by molar-refractivity contribution is -0.0964. The SMILES string of the molecule is CC1(C)CN(C(CN)c2ccc(C(C)(C)C)s2)CCO1. The predicted octanol–water partition coefficient (Wildman–Crippen LogP) is 3.16. The van der Waals surface area contributed by atoms with Gasteiger partial charge >= 0.3 is 0 Å². The van der Waals surface area contributed by atoms with Gasteiger partial charge in [-0.2, -0.15) is 0 Å². The Morgan fingerprint density at radius 1 is 1.40 bits per heavy atom. The highest BCUT2D eigenvalue weighted by Gasteiger charge is 2.32. The predicted molar refractivity (Wildman–Crippen MR) is 86.4 cm³/mol. The third-order valence-electron chi connectivity index (χ3n) is 3.81. The molecule has 0 aliphatic carbocycles. The van der Waals surface area contributed by atoms with Crippen LogP contribution in [0.15, 0.2) is 12.1 Å². The molecule has 0 spiro atoms. The van der Waals surface area contributed by atoms with E-state index in [9.17, 15) is 0 Å². The molecule has 1 aliphatic rings. The van der Waals surface area contributed by atoms with Gasteiger partial charge in [0.15, 0.2) is 0 Å². The first-order chi connectivity index (χ1) is 9.23. The molecule has 1 atom stereocenters. The van der Waals surface area contributed by atoms with Crippen molar-refractivity contribution in [2.24, 2.45) is 5.73 Å². The molecule has 20 heavy (non-hydrogen) atoms. The molecular weight excluding hydrogens is 268 g/mol. The Morgan fingerprint density at radius 3 is 2.60 bits per heavy atom. The van der Waals surface area contributed by atoms with Crippen LogP contribution in [0.2, 0.25) is 0 Å². The summed E-state index contributed by atoms with van der Waals surface area (Å²) in [6, 6.07) is 4.83. The quantitative estimate of drug-likeness (QED) is 0.931. The highest BCUT2D eigenvalue weighted by Crippen LogP contribution is 2.35. The molecule has 2 heterocycles. The summed E-state index contributed by atoms with van der Waals surface area (Å²) in [4.78, 5) is 5.29. The van der Waals surface area contributed by atoms with E-state index >= 15 is 0 Å². The fraction of sp³-hybridized carbons (Fsp3) is 0.750. The summed E-state index contributed by atoms with van der Waals surface area (Å²) in [5.41, 5.74) is 6.21. The Hall–Kier alpha value is -0.420. The van der Waals surface area contributed by atoms with Gasteiger partial charge in [0.1, 0.15) is 0 Å². The standard InChI is InChI=1S/C16H28N2OS/c1-15(2,3)14-7-6-13(20-14)12(10-17)18-8-9-19-16(4,5)11-18/h6-7,12H,8-11,17H2,1-5H3. The van der Waals surface area contributed by atoms with Crippen molar-refractivity contribution in [1.82, 2.24) is 4.90 Å². The minimum atomic E-state index is -0.0736. The van der Waals surface area contributed by atoms with E-state index in [0.717, 1.165) is 19.7 Å². The number of nitrogens with two attached hydrogens (primary N) is 1. The van der Waals surface area contributed by atoms with Crippen molar-refractivity contribution in [3.05, 3.63) is 21.9 Å². The molecule has 0 amide bonds. The Kier molecular flexibility index (Phi) is 4.59. The molecule has 1 unspecified atom stereocenters. The van der Waals surface area contributed by atoms with Crippen molar-refractivity contribution in [2.75, 3.05) is 26.2 Å². The van der Waals surface area contributed by atoms with Crippen LogP contribution in [0.25, 0.3) is 0 Å². The van der Waals surface area contributed by atoms with Crippen molar-refractivity contribution in [3.63, 3.8) is 0 Å². The molecule has 2 rings (SSSR count). The van der Waals surface area contributed by atoms with Gasteiger partial charge < -0.3 is 10.5 Å². The minimum absolute atomic E-state index is 0.0736. The average Bonchev–Trinajstić information content (AvgIpc) is 2.78. The van der Waals surface area contributed by atoms with E-state index in [4.69, 9.17) is 10.5 Å². The molecule has 1 aromatic rings. The third-order valence-corrected chi connectivity index (χ3v) is 5.43. The van der Waals surface area contributed by atoms with E-state index in [0.29, 0.717) is 12.6 Å². The van der Waals surface area contributed by atoms with Gasteiger partial charge in [-0.3, -0.25) is 4.90 Å². The maximum atomic E-state index is 6.07. The van der Waals surface area contributed by atoms with E-state index < -0.39 is 0 Å². The lowest BCUT2D eigenvalue weighted by Gasteiger charge is -2.41. The zero-order valence-corrected chi connectivity index (χ0v) is 14.2. The van der Waals surface area contributed by atoms with Gasteiger partial charge in [0.25, 0.3) is 0 Å². The number of nitrogens with zero attached hydrogens (tertiary/aromatic N) is 1. The third kappa shape index (κ3) is 3.61. The molecule has 0 radical (unpaired) electrons. The lowest BCUT2D eigenvalue weighted by atomic mass is 9.95. The molecule has 0 bridgehead atoms. The number of hydrogen-bond donors (Lipinski definition) is 1. The largest absolute Gasteiger partial charge is 0.373 e. The van der Waals surface area contributed by atoms with E-state index in [2.05, 4.69) is 51.7 Å². The maximum absolute atomic E-state index is 6.07. The van der Waals surface area contributed by atoms with Crippen LogP contribution in [0, 0.1) is 0 Å². The van der Waals surface area contributed by atoms with Gasteiger partial charge in [-0.1, -0.05) is 20.8 Å². The molecule has 1 aromatic heterocycles. The molecule has 3 nitrogen and oxygen atoms in total. The molecule has 114 valence electrons. The van der Waals surface area contributed by atoms with Crippen LogP contribution in [-0.4, -0.2) is 36.7 Å². The fourth-order valence-corrected chi connectivity index (χ4v) is 3.91. The monoisotopic (exact) mass is 296 g/mol. The topological polar surface area (TPSA) is 38.5 Å². The van der Waals surface area contributed by atoms with Crippen LogP contribution < -0.4 is 5.73 Å². The van der Waals surface area contributed by atoms with Crippen LogP contribution in [0.5, 0.6) is 0 Å². The summed E-state index contributed by atoms with van der Waals surface area (Å²) in [5, 5.41) is 0. The molecule has 1 aliphatic heterocycles. The summed E-state index contributed by atoms with van der Waals surface area (Å²) < 4.78 is 5.81. The van der Waals surface area contributed by atoms with Gasteiger partial charge in [0.05, 0.1) is 18.2 Å². The average molecular weight is 296 g/mol. The van der Waals surface area contributed by atoms with Gasteiger partial charge in [-0.15, -0.1) is 11.3 Å². The second-order valence-corrected chi connectivity index (χ2v) is 8.40. The normalized spacial score (nSPS) is 21.9. The summed E-state index contributed by atoms with van der Waals surface area (Å²) in [5.74, 6) is 0. The number of morpholine rings is 1. The Balaban J connectivity index is 2.18. The zero-order valence-electron chi connectivity index (χ0n) is 13.4. The van der Waals surface area contributed by atoms with Crippen molar-refractivity contribution in [2.45, 2.75) is 51.7 Å². The summed E-state index contributed by atoms with van der Waals surface area (Å²) in [7, 11) is 0. The summed E-state index contributed by atoms with van der Waals surface area (Å²) in [6.07, 6.45) is 0. The van der Waals surface area contributed by atoms with Gasteiger partial charge in [-0.05, 0) is 31.4 Å². The Morgan fingerprint density at radius 2 is 2.10 bits per heavy atom. The molecule has 1 fully saturated rings. The molecule has 2 N–H and O–H groups in total. The number of ether oxygens (including phenoxy) is 1. The molecule has 0 aromatic carbocycles. The number of hydrogen-bond acceptors (Lipinski definition) is 4. The van der Waals surface area contributed by atoms with Gasteiger partial charge in [-0.25, -0.2) is 0 Å². The maximum Gasteiger partial charge on any atom is 0.0753 e. The smallest absolute Gasteiger partial charge is 0.0753 e. The number of rotatable bonds is 3. The van der Waals surface area contributed by atoms with Crippen molar-refractivity contribution >= 4 is 11.3 Å². The molecule has 4 heteroatoms. The highest BCUT2D eigenvalue weighted by molar-refractivity contribution is 7.12. The Labute approximate surface area is 127 Å². The van der Waals surface area contributed by atoms with E-state index in [1.165, 1.54) is 9.75 Å². The second kappa shape index (κ2) is 5.76. The molecular formula is C16H28N2OS. The highest BCUT2D eigenvalue weighted by atomic mass is 32.1. The van der Waals surface area contributed by atoms with Crippen molar-refractivity contribution in [3.8, 4) is 0 Å². The van der Waals surface area contributed by atoms with E-state index in [-0.39, 0.29) is 11.0 Å². The summed E-state index contributed by atoms with van der Waals surface area (Å²) in [6.45, 7) is 14.5. The van der Waals surface area contributed by atoms with E-state index in [1.54, 1.807) is 0 Å². The second-order valence-electron chi connectivity index (χ2n) is 7.28. The minimum Gasteiger partial charge on any atom is -0.373 e. The van der Waals surface area contributed by atoms with Crippen LogP contribution in [0.3, 0.4) is 0 Å². The van der Waals surface area contributed by atoms with Crippen molar-refractivity contribution < 1.29 is 4.74 Å². The fourth-order valence-electron chi connectivity index (χ4n) is 2.70. The van der Waals surface area contributed by atoms with Crippen LogP contribution >= 0.6 is 11.3 Å². The first-order valence-electron chi connectivity index (χ1n) is 7.41. The Bertz CT molecular complexity index is 448. The molecule has 1 saturated heterocycles. The van der Waals surface area contributed by atoms with E-state index in [1.807, 2.05) is 11.3 Å². The van der Waals surface area contributed by atoms with Gasteiger partial charge in [0.2, 0.25) is 0 Å². The first-order valence-corrected chi connectivity index (χ1v) is 8.23. The summed E-state index contributed by atoms with van der Waals surface area (Å²) >= 11 is 1.90. The lowest BCUT2D eigenvalue weighted by Crippen LogP contribution is -2.50. The number of thiophene rings is 1. The van der Waals surface area contributed by atoms with Crippen LogP contribution in [0.1, 0.15) is 50.4 Å². The zero-order chi connectivity index (χ0) is 15.0. The molecule has 0 saturated carbocycles. The van der Waals surface area contributed by atoms with Gasteiger partial charge in [0, 0.05) is 29.4 Å². The van der Waals surface area contributed by atoms with Crippen molar-refractivity contribution in [1.29, 1.82) is 0 Å².